The van der Waals surface area contributed by atoms with Crippen LogP contribution in [0.4, 0.5) is 13.2 Å². The molecule has 0 aliphatic carbocycles. The maximum atomic E-state index is 12.8. The number of alkyl halides is 3. The van der Waals surface area contributed by atoms with Crippen LogP contribution in [0.1, 0.15) is 22.7 Å². The number of nitrogens with zero attached hydrogens (tertiary/aromatic N) is 1. The quantitative estimate of drug-likeness (QED) is 0.903. The van der Waals surface area contributed by atoms with Crippen molar-refractivity contribution in [2.24, 2.45) is 0 Å². The average Bonchev–Trinajstić information content (AvgIpc) is 2.41. The standard InChI is InChI=1S/C14H12BrF3N2/c1-19-13(9-3-2-6-20-8-9)11-7-10(14(16,17)18)4-5-12(11)15/h2-8,13,19H,1H3. The van der Waals surface area contributed by atoms with Gasteiger partial charge in [0.25, 0.3) is 0 Å². The Labute approximate surface area is 123 Å². The molecule has 2 nitrogen and oxygen atoms in total. The van der Waals surface area contributed by atoms with Gasteiger partial charge < -0.3 is 5.32 Å². The van der Waals surface area contributed by atoms with Crippen LogP contribution in [-0.2, 0) is 6.18 Å². The van der Waals surface area contributed by atoms with Crippen molar-refractivity contribution in [2.45, 2.75) is 12.2 Å². The molecule has 0 saturated heterocycles. The summed E-state index contributed by atoms with van der Waals surface area (Å²) in [5.74, 6) is 0. The van der Waals surface area contributed by atoms with Crippen molar-refractivity contribution in [2.75, 3.05) is 7.05 Å². The molecule has 0 amide bonds. The molecule has 2 rings (SSSR count). The van der Waals surface area contributed by atoms with E-state index >= 15 is 0 Å². The van der Waals surface area contributed by atoms with Crippen LogP contribution in [0.15, 0.2) is 47.2 Å². The molecule has 0 fully saturated rings. The van der Waals surface area contributed by atoms with Crippen LogP contribution in [0.2, 0.25) is 0 Å². The summed E-state index contributed by atoms with van der Waals surface area (Å²) in [4.78, 5) is 4.00. The third-order valence-electron chi connectivity index (χ3n) is 2.94. The zero-order chi connectivity index (χ0) is 14.8. The molecule has 2 aromatic rings. The van der Waals surface area contributed by atoms with E-state index in [2.05, 4.69) is 26.2 Å². The molecule has 1 N–H and O–H groups in total. The number of hydrogen-bond donors (Lipinski definition) is 1. The lowest BCUT2D eigenvalue weighted by Gasteiger charge is -2.20. The average molecular weight is 345 g/mol. The van der Waals surface area contributed by atoms with Crippen LogP contribution in [0, 0.1) is 0 Å². The summed E-state index contributed by atoms with van der Waals surface area (Å²) >= 11 is 3.31. The molecule has 6 heteroatoms. The molecule has 0 bridgehead atoms. The number of hydrogen-bond acceptors (Lipinski definition) is 2. The molecule has 0 radical (unpaired) electrons. The Morgan fingerprint density at radius 3 is 2.55 bits per heavy atom. The molecule has 1 aromatic carbocycles. The summed E-state index contributed by atoms with van der Waals surface area (Å²) in [6.45, 7) is 0. The van der Waals surface area contributed by atoms with E-state index in [-0.39, 0.29) is 6.04 Å². The minimum atomic E-state index is -4.36. The van der Waals surface area contributed by atoms with Gasteiger partial charge in [0, 0.05) is 16.9 Å². The first-order valence-corrected chi connectivity index (χ1v) is 6.66. The highest BCUT2D eigenvalue weighted by Crippen LogP contribution is 2.35. The van der Waals surface area contributed by atoms with Crippen LogP contribution in [0.5, 0.6) is 0 Å². The summed E-state index contributed by atoms with van der Waals surface area (Å²) in [5.41, 5.74) is 0.658. The summed E-state index contributed by atoms with van der Waals surface area (Å²) in [6.07, 6.45) is -1.10. The van der Waals surface area contributed by atoms with E-state index in [0.29, 0.717) is 10.0 Å². The molecular formula is C14H12BrF3N2. The molecule has 0 spiro atoms. The van der Waals surface area contributed by atoms with Crippen molar-refractivity contribution in [3.05, 3.63) is 63.9 Å². The molecule has 0 saturated carbocycles. The van der Waals surface area contributed by atoms with E-state index in [4.69, 9.17) is 0 Å². The van der Waals surface area contributed by atoms with E-state index < -0.39 is 11.7 Å². The lowest BCUT2D eigenvalue weighted by Crippen LogP contribution is -2.19. The Hall–Kier alpha value is -1.40. The normalized spacial score (nSPS) is 13.2. The van der Waals surface area contributed by atoms with Gasteiger partial charge in [-0.3, -0.25) is 4.98 Å². The number of benzene rings is 1. The molecular weight excluding hydrogens is 333 g/mol. The number of aromatic nitrogens is 1. The monoisotopic (exact) mass is 344 g/mol. The fourth-order valence-corrected chi connectivity index (χ4v) is 2.47. The Kier molecular flexibility index (Phi) is 4.45. The second-order valence-electron chi connectivity index (χ2n) is 4.24. The summed E-state index contributed by atoms with van der Waals surface area (Å²) < 4.78 is 39.1. The van der Waals surface area contributed by atoms with Crippen LogP contribution >= 0.6 is 15.9 Å². The lowest BCUT2D eigenvalue weighted by atomic mass is 9.98. The smallest absolute Gasteiger partial charge is 0.309 e. The topological polar surface area (TPSA) is 24.9 Å². The van der Waals surface area contributed by atoms with Crippen molar-refractivity contribution >= 4 is 15.9 Å². The number of rotatable bonds is 3. The van der Waals surface area contributed by atoms with Crippen LogP contribution in [0.3, 0.4) is 0 Å². The maximum absolute atomic E-state index is 12.8. The number of pyridine rings is 1. The molecule has 1 heterocycles. The third kappa shape index (κ3) is 3.19. The van der Waals surface area contributed by atoms with Gasteiger partial charge in [-0.25, -0.2) is 0 Å². The van der Waals surface area contributed by atoms with E-state index in [1.165, 1.54) is 6.07 Å². The lowest BCUT2D eigenvalue weighted by molar-refractivity contribution is -0.137. The summed E-state index contributed by atoms with van der Waals surface area (Å²) in [5, 5.41) is 3.02. The Balaban J connectivity index is 2.50. The van der Waals surface area contributed by atoms with Gasteiger partial charge in [0.15, 0.2) is 0 Å². The zero-order valence-electron chi connectivity index (χ0n) is 10.6. The second kappa shape index (κ2) is 5.93. The molecule has 0 aliphatic rings. The van der Waals surface area contributed by atoms with Crippen molar-refractivity contribution in [1.82, 2.24) is 10.3 Å². The zero-order valence-corrected chi connectivity index (χ0v) is 12.2. The highest BCUT2D eigenvalue weighted by atomic mass is 79.9. The molecule has 106 valence electrons. The molecule has 1 unspecified atom stereocenters. The van der Waals surface area contributed by atoms with Gasteiger partial charge >= 0.3 is 6.18 Å². The fraction of sp³-hybridized carbons (Fsp3) is 0.214. The molecule has 1 aromatic heterocycles. The highest BCUT2D eigenvalue weighted by Gasteiger charge is 2.31. The largest absolute Gasteiger partial charge is 0.416 e. The van der Waals surface area contributed by atoms with E-state index in [1.54, 1.807) is 25.5 Å². The predicted octanol–water partition coefficient (Wildman–Crippen LogP) is 4.17. The summed E-state index contributed by atoms with van der Waals surface area (Å²) in [7, 11) is 1.70. The third-order valence-corrected chi connectivity index (χ3v) is 3.66. The van der Waals surface area contributed by atoms with Gasteiger partial charge in [-0.05, 0) is 42.4 Å². The van der Waals surface area contributed by atoms with Crippen LogP contribution < -0.4 is 5.32 Å². The maximum Gasteiger partial charge on any atom is 0.416 e. The fourth-order valence-electron chi connectivity index (χ4n) is 1.99. The van der Waals surface area contributed by atoms with Crippen molar-refractivity contribution in [3.63, 3.8) is 0 Å². The Morgan fingerprint density at radius 1 is 1.25 bits per heavy atom. The van der Waals surface area contributed by atoms with Gasteiger partial charge in [0.2, 0.25) is 0 Å². The van der Waals surface area contributed by atoms with E-state index in [9.17, 15) is 13.2 Å². The predicted molar refractivity (Wildman–Crippen MR) is 74.3 cm³/mol. The van der Waals surface area contributed by atoms with Crippen molar-refractivity contribution in [1.29, 1.82) is 0 Å². The molecule has 1 atom stereocenters. The molecule has 0 aliphatic heterocycles. The first kappa shape index (κ1) is 15.0. The second-order valence-corrected chi connectivity index (χ2v) is 5.10. The van der Waals surface area contributed by atoms with Gasteiger partial charge in [-0.1, -0.05) is 22.0 Å². The van der Waals surface area contributed by atoms with Crippen LogP contribution in [0.25, 0.3) is 0 Å². The molecule has 20 heavy (non-hydrogen) atoms. The van der Waals surface area contributed by atoms with E-state index in [0.717, 1.165) is 17.7 Å². The first-order chi connectivity index (χ1) is 9.43. The van der Waals surface area contributed by atoms with Crippen molar-refractivity contribution in [3.8, 4) is 0 Å². The SMILES string of the molecule is CNC(c1cccnc1)c1cc(C(F)(F)F)ccc1Br. The summed E-state index contributed by atoms with van der Waals surface area (Å²) in [6, 6.07) is 6.84. The van der Waals surface area contributed by atoms with Gasteiger partial charge in [-0.2, -0.15) is 13.2 Å². The van der Waals surface area contributed by atoms with E-state index in [1.807, 2.05) is 6.07 Å². The van der Waals surface area contributed by atoms with Gasteiger partial charge in [0.05, 0.1) is 11.6 Å². The number of nitrogens with one attached hydrogen (secondary N) is 1. The Morgan fingerprint density at radius 2 is 2.00 bits per heavy atom. The minimum Gasteiger partial charge on any atom is -0.309 e. The highest BCUT2D eigenvalue weighted by molar-refractivity contribution is 9.10. The van der Waals surface area contributed by atoms with Gasteiger partial charge in [-0.15, -0.1) is 0 Å². The first-order valence-electron chi connectivity index (χ1n) is 5.87. The van der Waals surface area contributed by atoms with Gasteiger partial charge in [0.1, 0.15) is 0 Å². The Bertz CT molecular complexity index is 585. The van der Waals surface area contributed by atoms with Crippen LogP contribution in [-0.4, -0.2) is 12.0 Å². The number of halogens is 4. The van der Waals surface area contributed by atoms with Crippen molar-refractivity contribution < 1.29 is 13.2 Å². The minimum absolute atomic E-state index is 0.361.